The normalized spacial score (nSPS) is 16.7. The van der Waals surface area contributed by atoms with Crippen molar-refractivity contribution in [2.45, 2.75) is 12.0 Å². The summed E-state index contributed by atoms with van der Waals surface area (Å²) in [6, 6.07) is 53.3. The van der Waals surface area contributed by atoms with Crippen molar-refractivity contribution < 1.29 is 4.42 Å². The second-order valence-corrected chi connectivity index (χ2v) is 15.1. The molecule has 0 bridgehead atoms. The molecule has 7 aromatic carbocycles. The predicted octanol–water partition coefficient (Wildman–Crippen LogP) is 13.4. The van der Waals surface area contributed by atoms with E-state index in [2.05, 4.69) is 179 Å². The Balaban J connectivity index is 1.07. The third-order valence-corrected chi connectivity index (χ3v) is 12.5. The van der Waals surface area contributed by atoms with E-state index in [9.17, 15) is 0 Å². The lowest BCUT2D eigenvalue weighted by molar-refractivity contribution is 0.666. The average Bonchev–Trinajstić information content (AvgIpc) is 3.95. The van der Waals surface area contributed by atoms with E-state index in [1.165, 1.54) is 64.5 Å². The Morgan fingerprint density at radius 2 is 1.29 bits per heavy atom. The highest BCUT2D eigenvalue weighted by Crippen LogP contribution is 2.53. The van der Waals surface area contributed by atoms with E-state index < -0.39 is 0 Å². The van der Waals surface area contributed by atoms with Crippen LogP contribution in [0.15, 0.2) is 174 Å². The molecule has 0 radical (unpaired) electrons. The van der Waals surface area contributed by atoms with E-state index in [-0.39, 0.29) is 12.0 Å². The Bertz CT molecular complexity index is 3160. The first-order valence-corrected chi connectivity index (χ1v) is 18.7. The van der Waals surface area contributed by atoms with Crippen molar-refractivity contribution in [2.75, 3.05) is 4.90 Å². The maximum atomic E-state index is 6.92. The molecule has 2 aliphatic rings. The summed E-state index contributed by atoms with van der Waals surface area (Å²) in [5.74, 6) is 0.245. The first kappa shape index (κ1) is 28.3. The lowest BCUT2D eigenvalue weighted by atomic mass is 9.88. The standard InChI is InChI=1S/C48H30N2OS/c1-2-11-31(12-3-1)49-38-17-7-4-14-35(38)46-40(49)24-25-41-47(46)36-15-5-8-18-39(36)50(41)42-19-10-16-34-32-23-21-30(28-43(32)51-48(34)42)29-22-26-45-37(27-29)33-13-6-9-20-44(33)52-45/h1-28,35,38H. The van der Waals surface area contributed by atoms with Gasteiger partial charge in [-0.05, 0) is 83.4 Å². The number of allylic oxidation sites excluding steroid dienone is 2. The Morgan fingerprint density at radius 3 is 2.23 bits per heavy atom. The van der Waals surface area contributed by atoms with Crippen LogP contribution in [0.5, 0.6) is 0 Å². The molecule has 1 aliphatic heterocycles. The highest BCUT2D eigenvalue weighted by Gasteiger charge is 2.39. The topological polar surface area (TPSA) is 21.3 Å². The zero-order valence-corrected chi connectivity index (χ0v) is 28.8. The van der Waals surface area contributed by atoms with Gasteiger partial charge in [-0.2, -0.15) is 0 Å². The van der Waals surface area contributed by atoms with Gasteiger partial charge in [0.25, 0.3) is 0 Å². The summed E-state index contributed by atoms with van der Waals surface area (Å²) in [6.07, 6.45) is 9.14. The summed E-state index contributed by atoms with van der Waals surface area (Å²) in [5.41, 5.74) is 11.5. The molecule has 0 fully saturated rings. The lowest BCUT2D eigenvalue weighted by Crippen LogP contribution is -2.28. The molecular formula is C48H30N2OS. The Hall–Kier alpha value is -6.36. The predicted molar refractivity (Wildman–Crippen MR) is 220 cm³/mol. The zero-order valence-electron chi connectivity index (χ0n) is 28.0. The van der Waals surface area contributed by atoms with Crippen LogP contribution in [0.25, 0.3) is 80.7 Å². The summed E-state index contributed by atoms with van der Waals surface area (Å²) in [4.78, 5) is 2.52. The molecule has 0 N–H and O–H groups in total. The average molecular weight is 683 g/mol. The van der Waals surface area contributed by atoms with Crippen LogP contribution < -0.4 is 4.90 Å². The minimum Gasteiger partial charge on any atom is -0.454 e. The minimum absolute atomic E-state index is 0.224. The molecule has 52 heavy (non-hydrogen) atoms. The van der Waals surface area contributed by atoms with Gasteiger partial charge in [0, 0.05) is 59.0 Å². The molecule has 0 saturated heterocycles. The van der Waals surface area contributed by atoms with Gasteiger partial charge in [-0.15, -0.1) is 11.3 Å². The van der Waals surface area contributed by atoms with Crippen LogP contribution in [0.2, 0.25) is 0 Å². The highest BCUT2D eigenvalue weighted by molar-refractivity contribution is 7.25. The van der Waals surface area contributed by atoms with Crippen LogP contribution in [0.4, 0.5) is 11.4 Å². The molecule has 2 atom stereocenters. The SMILES string of the molecule is C1=CC2c3c(ccc4c3c3ccccc3n4-c3cccc4c3oc3cc(-c5ccc6sc7ccccc7c6c5)ccc34)N(c3ccccc3)C2C=C1. The molecule has 244 valence electrons. The van der Waals surface area contributed by atoms with Gasteiger partial charge in [-0.3, -0.25) is 0 Å². The summed E-state index contributed by atoms with van der Waals surface area (Å²) >= 11 is 1.85. The van der Waals surface area contributed by atoms with E-state index in [4.69, 9.17) is 4.42 Å². The van der Waals surface area contributed by atoms with Crippen molar-refractivity contribution >= 4 is 86.6 Å². The Labute approximate surface area is 303 Å². The number of rotatable bonds is 3. The number of hydrogen-bond acceptors (Lipinski definition) is 3. The first-order valence-electron chi connectivity index (χ1n) is 17.9. The summed E-state index contributed by atoms with van der Waals surface area (Å²) in [5, 5.41) is 7.45. The molecule has 10 aromatic rings. The van der Waals surface area contributed by atoms with Gasteiger partial charge in [0.2, 0.25) is 0 Å². The minimum atomic E-state index is 0.224. The maximum Gasteiger partial charge on any atom is 0.159 e. The molecule has 2 unspecified atom stereocenters. The molecule has 4 heterocycles. The smallest absolute Gasteiger partial charge is 0.159 e. The molecule has 12 rings (SSSR count). The van der Waals surface area contributed by atoms with Crippen LogP contribution in [-0.4, -0.2) is 10.6 Å². The van der Waals surface area contributed by atoms with E-state index >= 15 is 0 Å². The number of nitrogens with zero attached hydrogens (tertiary/aromatic N) is 2. The number of para-hydroxylation sites is 3. The van der Waals surface area contributed by atoms with Crippen LogP contribution in [-0.2, 0) is 0 Å². The fourth-order valence-electron chi connectivity index (χ4n) is 9.10. The van der Waals surface area contributed by atoms with Crippen molar-refractivity contribution in [3.8, 4) is 16.8 Å². The molecule has 3 aromatic heterocycles. The van der Waals surface area contributed by atoms with E-state index in [0.29, 0.717) is 0 Å². The molecule has 0 spiro atoms. The van der Waals surface area contributed by atoms with Gasteiger partial charge in [-0.25, -0.2) is 0 Å². The fourth-order valence-corrected chi connectivity index (χ4v) is 10.2. The van der Waals surface area contributed by atoms with Crippen molar-refractivity contribution in [1.29, 1.82) is 0 Å². The van der Waals surface area contributed by atoms with Gasteiger partial charge in [0.15, 0.2) is 5.58 Å². The van der Waals surface area contributed by atoms with E-state index in [1.54, 1.807) is 0 Å². The van der Waals surface area contributed by atoms with Gasteiger partial charge < -0.3 is 13.9 Å². The number of thiophene rings is 1. The quantitative estimate of drug-likeness (QED) is 0.185. The number of aromatic nitrogens is 1. The third-order valence-electron chi connectivity index (χ3n) is 11.3. The van der Waals surface area contributed by atoms with Crippen molar-refractivity contribution in [3.63, 3.8) is 0 Å². The van der Waals surface area contributed by atoms with Gasteiger partial charge in [0.05, 0.1) is 22.8 Å². The Morgan fingerprint density at radius 1 is 0.519 bits per heavy atom. The van der Waals surface area contributed by atoms with Gasteiger partial charge in [-0.1, -0.05) is 103 Å². The second kappa shape index (κ2) is 10.6. The summed E-state index contributed by atoms with van der Waals surface area (Å²) < 4.78 is 12.0. The van der Waals surface area contributed by atoms with Crippen LogP contribution in [0, 0.1) is 0 Å². The molecular weight excluding hydrogens is 653 g/mol. The number of anilines is 2. The first-order chi connectivity index (χ1) is 25.8. The van der Waals surface area contributed by atoms with Crippen LogP contribution in [0.3, 0.4) is 0 Å². The maximum absolute atomic E-state index is 6.92. The highest BCUT2D eigenvalue weighted by atomic mass is 32.1. The number of benzene rings is 7. The second-order valence-electron chi connectivity index (χ2n) is 14.0. The molecule has 4 heteroatoms. The monoisotopic (exact) mass is 682 g/mol. The zero-order chi connectivity index (χ0) is 33.9. The van der Waals surface area contributed by atoms with Gasteiger partial charge in [0.1, 0.15) is 5.58 Å². The van der Waals surface area contributed by atoms with Crippen molar-refractivity contribution in [3.05, 3.63) is 175 Å². The summed E-state index contributed by atoms with van der Waals surface area (Å²) in [6.45, 7) is 0. The van der Waals surface area contributed by atoms with E-state index in [1.807, 2.05) is 11.3 Å². The summed E-state index contributed by atoms with van der Waals surface area (Å²) in [7, 11) is 0. The van der Waals surface area contributed by atoms with Crippen molar-refractivity contribution in [1.82, 2.24) is 4.57 Å². The van der Waals surface area contributed by atoms with Crippen LogP contribution >= 0.6 is 11.3 Å². The molecule has 1 aliphatic carbocycles. The van der Waals surface area contributed by atoms with Gasteiger partial charge >= 0.3 is 0 Å². The van der Waals surface area contributed by atoms with Crippen LogP contribution in [0.1, 0.15) is 11.5 Å². The lowest BCUT2D eigenvalue weighted by Gasteiger charge is -2.28. The number of hydrogen-bond donors (Lipinski definition) is 0. The number of furan rings is 1. The molecule has 0 amide bonds. The molecule has 3 nitrogen and oxygen atoms in total. The third kappa shape index (κ3) is 3.85. The Kier molecular flexibility index (Phi) is 5.77. The van der Waals surface area contributed by atoms with E-state index in [0.717, 1.165) is 33.2 Å². The van der Waals surface area contributed by atoms with Crippen molar-refractivity contribution in [2.24, 2.45) is 0 Å². The largest absolute Gasteiger partial charge is 0.454 e. The number of fused-ring (bicyclic) bond motifs is 13. The fraction of sp³-hybridized carbons (Fsp3) is 0.0417. The molecule has 0 saturated carbocycles.